The zero-order valence-electron chi connectivity index (χ0n) is 14.6. The second-order valence-corrected chi connectivity index (χ2v) is 9.69. The third kappa shape index (κ3) is 5.10. The van der Waals surface area contributed by atoms with Crippen LogP contribution in [0.4, 0.5) is 5.69 Å². The van der Waals surface area contributed by atoms with Gasteiger partial charge in [0, 0.05) is 23.2 Å². The van der Waals surface area contributed by atoms with Gasteiger partial charge < -0.3 is 5.32 Å². The average molecular weight is 472 g/mol. The van der Waals surface area contributed by atoms with E-state index in [0.29, 0.717) is 18.8 Å². The van der Waals surface area contributed by atoms with Crippen LogP contribution in [0.5, 0.6) is 0 Å². The number of halogens is 2. The Morgan fingerprint density at radius 1 is 1.07 bits per heavy atom. The molecular formula is C19H20BrClN2O3S. The quantitative estimate of drug-likeness (QED) is 0.700. The SMILES string of the molecule is O=C(Cc1ccc(Br)cc1)Nc1ccc(Cl)c(S(=O)(=O)N2CCCCC2)c1. The van der Waals surface area contributed by atoms with Crippen molar-refractivity contribution in [2.24, 2.45) is 0 Å². The summed E-state index contributed by atoms with van der Waals surface area (Å²) in [5.41, 5.74) is 1.28. The summed E-state index contributed by atoms with van der Waals surface area (Å²) in [4.78, 5) is 12.3. The van der Waals surface area contributed by atoms with Crippen LogP contribution >= 0.6 is 27.5 Å². The number of carbonyl (C=O) groups excluding carboxylic acids is 1. The van der Waals surface area contributed by atoms with Gasteiger partial charge >= 0.3 is 0 Å². The van der Waals surface area contributed by atoms with E-state index in [1.165, 1.54) is 16.4 Å². The van der Waals surface area contributed by atoms with Crippen LogP contribution in [-0.4, -0.2) is 31.7 Å². The van der Waals surface area contributed by atoms with E-state index in [-0.39, 0.29) is 22.2 Å². The molecule has 144 valence electrons. The van der Waals surface area contributed by atoms with Crippen LogP contribution in [0.3, 0.4) is 0 Å². The van der Waals surface area contributed by atoms with E-state index in [2.05, 4.69) is 21.2 Å². The first kappa shape index (κ1) is 20.3. The minimum Gasteiger partial charge on any atom is -0.326 e. The molecule has 0 aliphatic carbocycles. The average Bonchev–Trinajstić information content (AvgIpc) is 2.66. The van der Waals surface area contributed by atoms with Crippen molar-refractivity contribution in [2.75, 3.05) is 18.4 Å². The molecular weight excluding hydrogens is 452 g/mol. The topological polar surface area (TPSA) is 66.5 Å². The van der Waals surface area contributed by atoms with Crippen molar-refractivity contribution >= 4 is 49.1 Å². The van der Waals surface area contributed by atoms with E-state index in [4.69, 9.17) is 11.6 Å². The molecule has 27 heavy (non-hydrogen) atoms. The van der Waals surface area contributed by atoms with Crippen molar-refractivity contribution in [1.82, 2.24) is 4.31 Å². The first-order chi connectivity index (χ1) is 12.9. The van der Waals surface area contributed by atoms with Crippen LogP contribution in [0.15, 0.2) is 51.8 Å². The number of carbonyl (C=O) groups is 1. The molecule has 1 aliphatic heterocycles. The van der Waals surface area contributed by atoms with Crippen molar-refractivity contribution in [1.29, 1.82) is 0 Å². The first-order valence-electron chi connectivity index (χ1n) is 8.70. The number of benzene rings is 2. The summed E-state index contributed by atoms with van der Waals surface area (Å²) in [5, 5.41) is 2.91. The number of hydrogen-bond acceptors (Lipinski definition) is 3. The molecule has 8 heteroatoms. The van der Waals surface area contributed by atoms with Gasteiger partial charge in [-0.3, -0.25) is 4.79 Å². The van der Waals surface area contributed by atoms with Crippen molar-refractivity contribution in [3.8, 4) is 0 Å². The molecule has 0 saturated carbocycles. The summed E-state index contributed by atoms with van der Waals surface area (Å²) in [7, 11) is -3.67. The number of rotatable bonds is 5. The van der Waals surface area contributed by atoms with Crippen LogP contribution < -0.4 is 5.32 Å². The second-order valence-electron chi connectivity index (χ2n) is 6.46. The van der Waals surface area contributed by atoms with E-state index < -0.39 is 10.0 Å². The summed E-state index contributed by atoms with van der Waals surface area (Å²) in [6.07, 6.45) is 2.93. The molecule has 1 N–H and O–H groups in total. The lowest BCUT2D eigenvalue weighted by Crippen LogP contribution is -2.35. The van der Waals surface area contributed by atoms with Crippen molar-refractivity contribution in [3.05, 3.63) is 57.5 Å². The number of sulfonamides is 1. The number of nitrogens with zero attached hydrogens (tertiary/aromatic N) is 1. The summed E-state index contributed by atoms with van der Waals surface area (Å²) < 4.78 is 28.2. The van der Waals surface area contributed by atoms with Gasteiger partial charge in [0.1, 0.15) is 4.90 Å². The number of nitrogens with one attached hydrogen (secondary N) is 1. The van der Waals surface area contributed by atoms with E-state index in [1.54, 1.807) is 6.07 Å². The minimum atomic E-state index is -3.67. The summed E-state index contributed by atoms with van der Waals surface area (Å²) in [5.74, 6) is -0.221. The lowest BCUT2D eigenvalue weighted by atomic mass is 10.1. The number of amides is 1. The smallest absolute Gasteiger partial charge is 0.244 e. The zero-order valence-corrected chi connectivity index (χ0v) is 17.8. The Labute approximate surface area is 172 Å². The van der Waals surface area contributed by atoms with Crippen molar-refractivity contribution < 1.29 is 13.2 Å². The monoisotopic (exact) mass is 470 g/mol. The van der Waals surface area contributed by atoms with Gasteiger partial charge in [0.05, 0.1) is 11.4 Å². The van der Waals surface area contributed by atoms with Gasteiger partial charge in [-0.1, -0.05) is 46.1 Å². The van der Waals surface area contributed by atoms with Crippen molar-refractivity contribution in [3.63, 3.8) is 0 Å². The second kappa shape index (κ2) is 8.73. The molecule has 0 bridgehead atoms. The lowest BCUT2D eigenvalue weighted by molar-refractivity contribution is -0.115. The molecule has 0 atom stereocenters. The fraction of sp³-hybridized carbons (Fsp3) is 0.316. The van der Waals surface area contributed by atoms with Gasteiger partial charge in [-0.25, -0.2) is 8.42 Å². The Kier molecular flexibility index (Phi) is 6.57. The molecule has 0 spiro atoms. The fourth-order valence-electron chi connectivity index (χ4n) is 3.02. The molecule has 0 unspecified atom stereocenters. The molecule has 2 aromatic rings. The van der Waals surface area contributed by atoms with Gasteiger partial charge in [0.2, 0.25) is 15.9 Å². The fourth-order valence-corrected chi connectivity index (χ4v) is 5.30. The van der Waals surface area contributed by atoms with Gasteiger partial charge in [0.25, 0.3) is 0 Å². The van der Waals surface area contributed by atoms with E-state index in [9.17, 15) is 13.2 Å². The van der Waals surface area contributed by atoms with Gasteiger partial charge in [-0.15, -0.1) is 0 Å². The molecule has 0 aromatic heterocycles. The standard InChI is InChI=1S/C19H20BrClN2O3S/c20-15-6-4-14(5-7-15)12-19(24)22-16-8-9-17(21)18(13-16)27(25,26)23-10-2-1-3-11-23/h4-9,13H,1-3,10-12H2,(H,22,24). The number of piperidine rings is 1. The normalized spacial score (nSPS) is 15.5. The van der Waals surface area contributed by atoms with Crippen molar-refractivity contribution in [2.45, 2.75) is 30.6 Å². The Morgan fingerprint density at radius 2 is 1.74 bits per heavy atom. The van der Waals surface area contributed by atoms with Gasteiger partial charge in [-0.05, 0) is 48.7 Å². The zero-order chi connectivity index (χ0) is 19.4. The van der Waals surface area contributed by atoms with Gasteiger partial charge in [0.15, 0.2) is 0 Å². The molecule has 1 fully saturated rings. The molecule has 5 nitrogen and oxygen atoms in total. The summed E-state index contributed by atoms with van der Waals surface area (Å²) >= 11 is 9.52. The number of hydrogen-bond donors (Lipinski definition) is 1. The Morgan fingerprint density at radius 3 is 2.41 bits per heavy atom. The van der Waals surface area contributed by atoms with E-state index in [1.807, 2.05) is 24.3 Å². The van der Waals surface area contributed by atoms with Crippen LogP contribution in [0.25, 0.3) is 0 Å². The third-order valence-electron chi connectivity index (χ3n) is 4.43. The largest absolute Gasteiger partial charge is 0.326 e. The van der Waals surface area contributed by atoms with E-state index >= 15 is 0 Å². The highest BCUT2D eigenvalue weighted by Crippen LogP contribution is 2.29. The lowest BCUT2D eigenvalue weighted by Gasteiger charge is -2.26. The summed E-state index contributed by atoms with van der Waals surface area (Å²) in [6, 6.07) is 12.0. The van der Waals surface area contributed by atoms with E-state index in [0.717, 1.165) is 29.3 Å². The Bertz CT molecular complexity index is 926. The highest BCUT2D eigenvalue weighted by atomic mass is 79.9. The summed E-state index contributed by atoms with van der Waals surface area (Å²) in [6.45, 7) is 0.998. The maximum Gasteiger partial charge on any atom is 0.244 e. The Balaban J connectivity index is 1.76. The highest BCUT2D eigenvalue weighted by molar-refractivity contribution is 9.10. The first-order valence-corrected chi connectivity index (χ1v) is 11.3. The molecule has 1 amide bonds. The predicted molar refractivity (Wildman–Crippen MR) is 111 cm³/mol. The van der Waals surface area contributed by atoms with Crippen LogP contribution in [0, 0.1) is 0 Å². The maximum atomic E-state index is 12.9. The molecule has 2 aromatic carbocycles. The van der Waals surface area contributed by atoms with Crippen LogP contribution in [0.1, 0.15) is 24.8 Å². The highest BCUT2D eigenvalue weighted by Gasteiger charge is 2.28. The Hall–Kier alpha value is -1.41. The maximum absolute atomic E-state index is 12.9. The van der Waals surface area contributed by atoms with Gasteiger partial charge in [-0.2, -0.15) is 4.31 Å². The molecule has 1 aliphatic rings. The van der Waals surface area contributed by atoms with Crippen LogP contribution in [0.2, 0.25) is 5.02 Å². The number of anilines is 1. The third-order valence-corrected chi connectivity index (χ3v) is 7.33. The molecule has 1 heterocycles. The molecule has 3 rings (SSSR count). The molecule has 0 radical (unpaired) electrons. The predicted octanol–water partition coefficient (Wildman–Crippen LogP) is 4.46. The van der Waals surface area contributed by atoms with Crippen LogP contribution in [-0.2, 0) is 21.2 Å². The minimum absolute atomic E-state index is 0.0347. The molecule has 1 saturated heterocycles.